The summed E-state index contributed by atoms with van der Waals surface area (Å²) in [7, 11) is 2.07. The number of para-hydroxylation sites is 1. The standard InChI is InChI=1S/C15H15N2/c1-12-7-9-14(10-8-12)17-15-6-4-3-5-13(15)11-16(17)2/h3-11H,1-2H3/q+1. The van der Waals surface area contributed by atoms with Crippen LogP contribution in [0.1, 0.15) is 5.56 Å². The number of benzene rings is 2. The van der Waals surface area contributed by atoms with Crippen molar-refractivity contribution in [3.05, 3.63) is 60.3 Å². The topological polar surface area (TPSA) is 8.81 Å². The normalized spacial score (nSPS) is 10.9. The zero-order valence-electron chi connectivity index (χ0n) is 10.1. The summed E-state index contributed by atoms with van der Waals surface area (Å²) < 4.78 is 4.34. The van der Waals surface area contributed by atoms with E-state index in [1.54, 1.807) is 0 Å². The van der Waals surface area contributed by atoms with Gasteiger partial charge in [0, 0.05) is 0 Å². The van der Waals surface area contributed by atoms with Gasteiger partial charge in [-0.1, -0.05) is 29.8 Å². The molecule has 3 aromatic rings. The maximum absolute atomic E-state index is 2.22. The largest absolute Gasteiger partial charge is 0.203 e. The minimum atomic E-state index is 1.19. The Labute approximate surface area is 101 Å². The molecule has 2 heteroatoms. The Bertz CT molecular complexity index is 663. The second-order valence-corrected chi connectivity index (χ2v) is 4.41. The van der Waals surface area contributed by atoms with Crippen LogP contribution in [0.5, 0.6) is 0 Å². The maximum atomic E-state index is 2.22. The van der Waals surface area contributed by atoms with Gasteiger partial charge in [0.25, 0.3) is 0 Å². The second kappa shape index (κ2) is 3.74. The van der Waals surface area contributed by atoms with Gasteiger partial charge in [0.05, 0.1) is 5.39 Å². The van der Waals surface area contributed by atoms with Crippen LogP contribution in [-0.2, 0) is 7.05 Å². The highest BCUT2D eigenvalue weighted by atomic mass is 15.4. The van der Waals surface area contributed by atoms with Crippen molar-refractivity contribution in [3.63, 3.8) is 0 Å². The van der Waals surface area contributed by atoms with Gasteiger partial charge in [-0.05, 0) is 31.2 Å². The Balaban J connectivity index is 2.29. The van der Waals surface area contributed by atoms with Gasteiger partial charge in [-0.2, -0.15) is 0 Å². The van der Waals surface area contributed by atoms with Crippen LogP contribution < -0.4 is 4.68 Å². The summed E-state index contributed by atoms with van der Waals surface area (Å²) in [5, 5.41) is 1.26. The number of nitrogens with zero attached hydrogens (tertiary/aromatic N) is 2. The van der Waals surface area contributed by atoms with Crippen LogP contribution in [0, 0.1) is 6.92 Å². The third-order valence-electron chi connectivity index (χ3n) is 3.08. The van der Waals surface area contributed by atoms with Gasteiger partial charge in [0.2, 0.25) is 6.20 Å². The minimum Gasteiger partial charge on any atom is -0.121 e. The van der Waals surface area contributed by atoms with Gasteiger partial charge in [-0.25, -0.2) is 0 Å². The molecule has 0 bridgehead atoms. The Morgan fingerprint density at radius 3 is 2.41 bits per heavy atom. The summed E-state index contributed by atoms with van der Waals surface area (Å²) in [4.78, 5) is 0. The fourth-order valence-electron chi connectivity index (χ4n) is 2.23. The molecule has 0 radical (unpaired) electrons. The van der Waals surface area contributed by atoms with Crippen LogP contribution in [0.25, 0.3) is 16.6 Å². The highest BCUT2D eigenvalue weighted by Gasteiger charge is 2.12. The molecule has 0 aliphatic heterocycles. The molecule has 1 aromatic heterocycles. The van der Waals surface area contributed by atoms with Gasteiger partial charge in [-0.3, -0.25) is 0 Å². The van der Waals surface area contributed by atoms with Crippen molar-refractivity contribution in [3.8, 4) is 5.69 Å². The molecule has 0 unspecified atom stereocenters. The smallest absolute Gasteiger partial charge is 0.121 e. The summed E-state index contributed by atoms with van der Waals surface area (Å²) >= 11 is 0. The van der Waals surface area contributed by atoms with Crippen LogP contribution in [-0.4, -0.2) is 4.68 Å². The van der Waals surface area contributed by atoms with Crippen molar-refractivity contribution in [1.29, 1.82) is 0 Å². The van der Waals surface area contributed by atoms with Crippen LogP contribution >= 0.6 is 0 Å². The molecular weight excluding hydrogens is 208 g/mol. The van der Waals surface area contributed by atoms with E-state index in [4.69, 9.17) is 0 Å². The number of hydrogen-bond acceptors (Lipinski definition) is 0. The summed E-state index contributed by atoms with van der Waals surface area (Å²) in [5.74, 6) is 0. The predicted octanol–water partition coefficient (Wildman–Crippen LogP) is 2.76. The average molecular weight is 223 g/mol. The molecule has 17 heavy (non-hydrogen) atoms. The number of fused-ring (bicyclic) bond motifs is 1. The number of hydrogen-bond donors (Lipinski definition) is 0. The van der Waals surface area contributed by atoms with Crippen molar-refractivity contribution in [1.82, 2.24) is 4.68 Å². The van der Waals surface area contributed by atoms with Crippen LogP contribution in [0.3, 0.4) is 0 Å². The monoisotopic (exact) mass is 223 g/mol. The van der Waals surface area contributed by atoms with Crippen LogP contribution in [0.2, 0.25) is 0 Å². The fourth-order valence-corrected chi connectivity index (χ4v) is 2.23. The Kier molecular flexibility index (Phi) is 2.22. The zero-order chi connectivity index (χ0) is 11.8. The molecule has 0 N–H and O–H groups in total. The molecule has 0 aliphatic rings. The first-order valence-electron chi connectivity index (χ1n) is 5.79. The van der Waals surface area contributed by atoms with E-state index >= 15 is 0 Å². The molecule has 0 fully saturated rings. The van der Waals surface area contributed by atoms with E-state index in [9.17, 15) is 0 Å². The van der Waals surface area contributed by atoms with Gasteiger partial charge in [0.1, 0.15) is 11.2 Å². The van der Waals surface area contributed by atoms with Gasteiger partial charge in [-0.15, -0.1) is 9.36 Å². The number of aryl methyl sites for hydroxylation is 2. The molecule has 1 heterocycles. The average Bonchev–Trinajstić information content (AvgIpc) is 2.66. The molecular formula is C15H15N2+. The summed E-state index contributed by atoms with van der Waals surface area (Å²) in [6.45, 7) is 2.11. The lowest BCUT2D eigenvalue weighted by Crippen LogP contribution is -2.36. The van der Waals surface area contributed by atoms with E-state index in [1.165, 1.54) is 22.2 Å². The zero-order valence-corrected chi connectivity index (χ0v) is 10.1. The molecule has 0 amide bonds. The molecule has 0 saturated heterocycles. The predicted molar refractivity (Wildman–Crippen MR) is 69.2 cm³/mol. The lowest BCUT2D eigenvalue weighted by atomic mass is 10.2. The molecule has 0 atom stereocenters. The van der Waals surface area contributed by atoms with E-state index in [1.807, 2.05) is 0 Å². The Hall–Kier alpha value is -2.09. The SMILES string of the molecule is Cc1ccc(-n2c3ccccc3c[n+]2C)cc1. The summed E-state index contributed by atoms with van der Waals surface area (Å²) in [5.41, 5.74) is 3.71. The first kappa shape index (κ1) is 10.1. The molecule has 3 rings (SSSR count). The number of aromatic nitrogens is 2. The van der Waals surface area contributed by atoms with Gasteiger partial charge in [0.15, 0.2) is 7.05 Å². The molecule has 2 aromatic carbocycles. The fraction of sp³-hybridized carbons (Fsp3) is 0.133. The quantitative estimate of drug-likeness (QED) is 0.561. The van der Waals surface area contributed by atoms with Crippen molar-refractivity contribution < 1.29 is 4.68 Å². The summed E-state index contributed by atoms with van der Waals surface area (Å²) in [6.07, 6.45) is 2.15. The molecule has 84 valence electrons. The second-order valence-electron chi connectivity index (χ2n) is 4.41. The van der Waals surface area contributed by atoms with Crippen molar-refractivity contribution in [2.24, 2.45) is 7.05 Å². The highest BCUT2D eigenvalue weighted by Crippen LogP contribution is 2.16. The lowest BCUT2D eigenvalue weighted by Gasteiger charge is -2.02. The van der Waals surface area contributed by atoms with Crippen molar-refractivity contribution in [2.45, 2.75) is 6.92 Å². The molecule has 0 spiro atoms. The highest BCUT2D eigenvalue weighted by molar-refractivity contribution is 5.78. The third kappa shape index (κ3) is 1.62. The van der Waals surface area contributed by atoms with Gasteiger partial charge < -0.3 is 0 Å². The van der Waals surface area contributed by atoms with E-state index in [0.29, 0.717) is 0 Å². The first-order valence-corrected chi connectivity index (χ1v) is 5.79. The first-order chi connectivity index (χ1) is 8.25. The maximum Gasteiger partial charge on any atom is 0.203 e. The van der Waals surface area contributed by atoms with E-state index < -0.39 is 0 Å². The third-order valence-corrected chi connectivity index (χ3v) is 3.08. The molecule has 0 saturated carbocycles. The number of rotatable bonds is 1. The molecule has 2 nitrogen and oxygen atoms in total. The van der Waals surface area contributed by atoms with Crippen LogP contribution in [0.15, 0.2) is 54.7 Å². The van der Waals surface area contributed by atoms with Crippen molar-refractivity contribution in [2.75, 3.05) is 0 Å². The summed E-state index contributed by atoms with van der Waals surface area (Å²) in [6, 6.07) is 17.0. The van der Waals surface area contributed by atoms with E-state index in [2.05, 4.69) is 78.1 Å². The van der Waals surface area contributed by atoms with Crippen LogP contribution in [0.4, 0.5) is 0 Å². The lowest BCUT2D eigenvalue weighted by molar-refractivity contribution is -0.741. The van der Waals surface area contributed by atoms with Crippen molar-refractivity contribution >= 4 is 10.9 Å². The van der Waals surface area contributed by atoms with E-state index in [-0.39, 0.29) is 0 Å². The van der Waals surface area contributed by atoms with E-state index in [0.717, 1.165) is 0 Å². The minimum absolute atomic E-state index is 1.19. The van der Waals surface area contributed by atoms with Gasteiger partial charge >= 0.3 is 0 Å². The molecule has 0 aliphatic carbocycles. The Morgan fingerprint density at radius 1 is 0.941 bits per heavy atom. The Morgan fingerprint density at radius 2 is 1.65 bits per heavy atom.